The monoisotopic (exact) mass is 343 g/mol. The van der Waals surface area contributed by atoms with E-state index in [1.165, 1.54) is 12.2 Å². The molecule has 2 rings (SSSR count). The van der Waals surface area contributed by atoms with E-state index in [9.17, 15) is 4.57 Å². The highest BCUT2D eigenvalue weighted by molar-refractivity contribution is 7.60. The molecule has 0 aliphatic heterocycles. The van der Waals surface area contributed by atoms with Gasteiger partial charge in [0.1, 0.15) is 5.75 Å². The summed E-state index contributed by atoms with van der Waals surface area (Å²) in [4.78, 5) is 0. The Bertz CT molecular complexity index is 674. The van der Waals surface area contributed by atoms with Gasteiger partial charge in [-0.25, -0.2) is 0 Å². The number of benzene rings is 2. The minimum absolute atomic E-state index is 0.398. The van der Waals surface area contributed by atoms with E-state index in [-0.39, 0.29) is 0 Å². The predicted molar refractivity (Wildman–Crippen MR) is 90.1 cm³/mol. The van der Waals surface area contributed by atoms with Crippen molar-refractivity contribution in [2.45, 2.75) is 13.3 Å². The van der Waals surface area contributed by atoms with E-state index in [1.807, 2.05) is 12.1 Å². The summed E-state index contributed by atoms with van der Waals surface area (Å²) in [6, 6.07) is 12.4. The van der Waals surface area contributed by atoms with Crippen LogP contribution in [0.5, 0.6) is 5.75 Å². The van der Waals surface area contributed by atoms with Crippen LogP contribution >= 0.6 is 30.7 Å². The van der Waals surface area contributed by atoms with Crippen LogP contribution in [0.2, 0.25) is 10.0 Å². The number of nitrogens with one attached hydrogen (secondary N) is 1. The third-order valence-electron chi connectivity index (χ3n) is 2.87. The van der Waals surface area contributed by atoms with Crippen molar-refractivity contribution < 1.29 is 9.09 Å². The van der Waals surface area contributed by atoms with Crippen LogP contribution < -0.4 is 9.61 Å². The van der Waals surface area contributed by atoms with Gasteiger partial charge in [0.25, 0.3) is 0 Å². The minimum atomic E-state index is -3.08. The van der Waals surface area contributed by atoms with Crippen LogP contribution in [0.3, 0.4) is 0 Å². The van der Waals surface area contributed by atoms with Crippen LogP contribution in [-0.4, -0.2) is 6.66 Å². The summed E-state index contributed by atoms with van der Waals surface area (Å²) in [5.41, 5.74) is 1.72. The molecule has 0 aliphatic rings. The molecule has 2 aromatic rings. The smallest absolute Gasteiger partial charge is 0.338 e. The molecule has 1 atom stereocenters. The Morgan fingerprint density at radius 3 is 2.38 bits per heavy atom. The summed E-state index contributed by atoms with van der Waals surface area (Å²) in [6.07, 6.45) is 0.947. The van der Waals surface area contributed by atoms with Gasteiger partial charge in [0, 0.05) is 11.7 Å². The fourth-order valence-electron chi connectivity index (χ4n) is 1.81. The summed E-state index contributed by atoms with van der Waals surface area (Å²) in [5, 5.41) is 3.75. The fourth-order valence-corrected chi connectivity index (χ4v) is 3.53. The quantitative estimate of drug-likeness (QED) is 0.690. The molecule has 2 aromatic carbocycles. The molecule has 1 N–H and O–H groups in total. The van der Waals surface area contributed by atoms with E-state index in [1.54, 1.807) is 30.3 Å². The molecule has 0 aromatic heterocycles. The maximum Gasteiger partial charge on any atom is 0.338 e. The zero-order valence-electron chi connectivity index (χ0n) is 11.8. The van der Waals surface area contributed by atoms with Crippen LogP contribution in [0.25, 0.3) is 0 Å². The van der Waals surface area contributed by atoms with E-state index < -0.39 is 7.52 Å². The molecule has 0 heterocycles. The summed E-state index contributed by atoms with van der Waals surface area (Å²) in [5.74, 6) is 0.551. The molecule has 0 bridgehead atoms. The molecule has 0 aliphatic carbocycles. The Hall–Kier alpha value is -1.15. The molecule has 112 valence electrons. The molecule has 0 unspecified atom stereocenters. The maximum atomic E-state index is 12.5. The zero-order valence-corrected chi connectivity index (χ0v) is 14.2. The lowest BCUT2D eigenvalue weighted by atomic mass is 10.2. The predicted octanol–water partition coefficient (Wildman–Crippen LogP) is 5.87. The first-order valence-corrected chi connectivity index (χ1v) is 9.32. The van der Waals surface area contributed by atoms with Crippen molar-refractivity contribution in [3.05, 3.63) is 58.1 Å². The Morgan fingerprint density at radius 2 is 1.81 bits per heavy atom. The van der Waals surface area contributed by atoms with Crippen LogP contribution in [0.1, 0.15) is 12.5 Å². The molecule has 3 nitrogen and oxygen atoms in total. The highest BCUT2D eigenvalue weighted by Crippen LogP contribution is 2.45. The first kappa shape index (κ1) is 16.2. The number of hydrogen-bond acceptors (Lipinski definition) is 2. The van der Waals surface area contributed by atoms with Crippen molar-refractivity contribution in [1.82, 2.24) is 0 Å². The van der Waals surface area contributed by atoms with E-state index in [4.69, 9.17) is 27.7 Å². The van der Waals surface area contributed by atoms with Gasteiger partial charge in [-0.15, -0.1) is 0 Å². The van der Waals surface area contributed by atoms with Crippen molar-refractivity contribution in [3.63, 3.8) is 0 Å². The van der Waals surface area contributed by atoms with Crippen LogP contribution in [-0.2, 0) is 11.0 Å². The van der Waals surface area contributed by atoms with Gasteiger partial charge in [-0.1, -0.05) is 42.3 Å². The Kier molecular flexibility index (Phi) is 5.21. The highest BCUT2D eigenvalue weighted by Gasteiger charge is 2.18. The average molecular weight is 344 g/mol. The third-order valence-corrected chi connectivity index (χ3v) is 4.62. The lowest BCUT2D eigenvalue weighted by Crippen LogP contribution is -2.02. The first-order valence-electron chi connectivity index (χ1n) is 6.49. The zero-order chi connectivity index (χ0) is 15.5. The van der Waals surface area contributed by atoms with Gasteiger partial charge in [0.15, 0.2) is 0 Å². The molecular formula is C15H16Cl2NO2P. The lowest BCUT2D eigenvalue weighted by Gasteiger charge is -2.18. The van der Waals surface area contributed by atoms with Gasteiger partial charge in [-0.2, -0.15) is 0 Å². The fraction of sp³-hybridized carbons (Fsp3) is 0.200. The summed E-state index contributed by atoms with van der Waals surface area (Å²) in [6.45, 7) is 3.58. The van der Waals surface area contributed by atoms with Crippen molar-refractivity contribution >= 4 is 36.4 Å². The molecule has 0 saturated carbocycles. The highest BCUT2D eigenvalue weighted by atomic mass is 35.5. The van der Waals surface area contributed by atoms with Gasteiger partial charge < -0.3 is 9.61 Å². The summed E-state index contributed by atoms with van der Waals surface area (Å²) >= 11 is 11.9. The van der Waals surface area contributed by atoms with Gasteiger partial charge in [0.2, 0.25) is 0 Å². The topological polar surface area (TPSA) is 38.3 Å². The lowest BCUT2D eigenvalue weighted by molar-refractivity contribution is 0.493. The second-order valence-corrected chi connectivity index (χ2v) is 7.61. The second kappa shape index (κ2) is 6.74. The summed E-state index contributed by atoms with van der Waals surface area (Å²) < 4.78 is 18.1. The van der Waals surface area contributed by atoms with Crippen LogP contribution in [0.4, 0.5) is 5.69 Å². The standard InChI is InChI=1S/C15H16Cl2NO2P/c1-3-11-4-7-13(8-5-11)20-21(2,19)18-15-9-6-12(16)10-14(15)17/h4-10H,3H2,1-2H3,(H,18,19)/t21-/m1/s1. The molecule has 0 amide bonds. The third kappa shape index (κ3) is 4.67. The van der Waals surface area contributed by atoms with E-state index in [0.29, 0.717) is 21.5 Å². The van der Waals surface area contributed by atoms with Crippen molar-refractivity contribution in [3.8, 4) is 5.75 Å². The van der Waals surface area contributed by atoms with Gasteiger partial charge in [0.05, 0.1) is 10.7 Å². The van der Waals surface area contributed by atoms with E-state index in [2.05, 4.69) is 12.0 Å². The minimum Gasteiger partial charge on any atom is -0.429 e. The number of hydrogen-bond donors (Lipinski definition) is 1. The second-order valence-electron chi connectivity index (χ2n) is 4.67. The molecule has 0 saturated heterocycles. The first-order chi connectivity index (χ1) is 9.89. The SMILES string of the molecule is CCc1ccc(O[P@@](C)(=O)Nc2ccc(Cl)cc2Cl)cc1. The molecule has 0 radical (unpaired) electrons. The number of aryl methyl sites for hydroxylation is 1. The largest absolute Gasteiger partial charge is 0.429 e. The Labute approximate surface area is 134 Å². The number of anilines is 1. The number of halogens is 2. The molecular weight excluding hydrogens is 328 g/mol. The van der Waals surface area contributed by atoms with Gasteiger partial charge >= 0.3 is 7.52 Å². The van der Waals surface area contributed by atoms with Crippen LogP contribution in [0.15, 0.2) is 42.5 Å². The maximum absolute atomic E-state index is 12.5. The molecule has 6 heteroatoms. The van der Waals surface area contributed by atoms with Crippen molar-refractivity contribution in [2.75, 3.05) is 11.8 Å². The van der Waals surface area contributed by atoms with Crippen molar-refractivity contribution in [2.24, 2.45) is 0 Å². The van der Waals surface area contributed by atoms with E-state index >= 15 is 0 Å². The van der Waals surface area contributed by atoms with Crippen LogP contribution in [0, 0.1) is 0 Å². The normalized spacial score (nSPS) is 13.5. The Balaban J connectivity index is 2.12. The summed E-state index contributed by atoms with van der Waals surface area (Å²) in [7, 11) is -3.08. The van der Waals surface area contributed by atoms with Gasteiger partial charge in [-0.3, -0.25) is 4.57 Å². The van der Waals surface area contributed by atoms with Crippen molar-refractivity contribution in [1.29, 1.82) is 0 Å². The number of rotatable bonds is 5. The molecule has 0 fully saturated rings. The average Bonchev–Trinajstić information content (AvgIpc) is 2.42. The van der Waals surface area contributed by atoms with E-state index in [0.717, 1.165) is 6.42 Å². The molecule has 21 heavy (non-hydrogen) atoms. The van der Waals surface area contributed by atoms with Gasteiger partial charge in [-0.05, 0) is 42.3 Å². The Morgan fingerprint density at radius 1 is 1.14 bits per heavy atom. The molecule has 0 spiro atoms.